The first kappa shape index (κ1) is 16.9. The molecule has 0 saturated heterocycles. The number of carboxylic acid groups (broad SMARTS) is 1. The number of amides is 1. The number of hydrogen-bond acceptors (Lipinski definition) is 3. The van der Waals surface area contributed by atoms with Crippen LogP contribution >= 0.6 is 0 Å². The molecular weight excluding hydrogens is 318 g/mol. The zero-order chi connectivity index (χ0) is 17.8. The highest BCUT2D eigenvalue weighted by atomic mass is 16.5. The molecule has 0 bridgehead atoms. The molecule has 2 aromatic carbocycles. The third kappa shape index (κ3) is 4.12. The molecule has 130 valence electrons. The second-order valence-electron chi connectivity index (χ2n) is 6.28. The summed E-state index contributed by atoms with van der Waals surface area (Å²) in [5, 5.41) is 12.4. The SMILES string of the molecule is CC(C)C(COc1ccc(-c2cc3ccccc3o2)cc1)NC(=O)O. The quantitative estimate of drug-likeness (QED) is 0.678. The van der Waals surface area contributed by atoms with E-state index in [4.69, 9.17) is 14.3 Å². The number of fused-ring (bicyclic) bond motifs is 1. The Balaban J connectivity index is 1.68. The first-order chi connectivity index (χ1) is 12.0. The van der Waals surface area contributed by atoms with Gasteiger partial charge in [0.2, 0.25) is 0 Å². The van der Waals surface area contributed by atoms with Gasteiger partial charge in [0, 0.05) is 10.9 Å². The number of benzene rings is 2. The summed E-state index contributed by atoms with van der Waals surface area (Å²) in [4.78, 5) is 10.8. The lowest BCUT2D eigenvalue weighted by molar-refractivity contribution is 0.172. The zero-order valence-electron chi connectivity index (χ0n) is 14.2. The maximum absolute atomic E-state index is 10.8. The monoisotopic (exact) mass is 339 g/mol. The molecule has 0 saturated carbocycles. The summed E-state index contributed by atoms with van der Waals surface area (Å²) in [6.07, 6.45) is -1.04. The van der Waals surface area contributed by atoms with Crippen molar-refractivity contribution >= 4 is 17.1 Å². The van der Waals surface area contributed by atoms with Gasteiger partial charge in [0.1, 0.15) is 23.7 Å². The topological polar surface area (TPSA) is 71.7 Å². The van der Waals surface area contributed by atoms with E-state index in [1.807, 2.05) is 68.4 Å². The average molecular weight is 339 g/mol. The molecule has 0 aliphatic heterocycles. The third-order valence-electron chi connectivity index (χ3n) is 4.11. The van der Waals surface area contributed by atoms with Crippen molar-refractivity contribution in [3.8, 4) is 17.1 Å². The van der Waals surface area contributed by atoms with Crippen LogP contribution in [0.4, 0.5) is 4.79 Å². The number of hydrogen-bond donors (Lipinski definition) is 2. The minimum Gasteiger partial charge on any atom is -0.491 e. The normalized spacial score (nSPS) is 12.3. The molecule has 1 unspecified atom stereocenters. The van der Waals surface area contributed by atoms with Crippen LogP contribution in [0.3, 0.4) is 0 Å². The summed E-state index contributed by atoms with van der Waals surface area (Å²) in [5.41, 5.74) is 1.82. The molecule has 5 nitrogen and oxygen atoms in total. The van der Waals surface area contributed by atoms with Crippen LogP contribution < -0.4 is 10.1 Å². The highest BCUT2D eigenvalue weighted by Gasteiger charge is 2.16. The molecule has 3 aromatic rings. The van der Waals surface area contributed by atoms with Gasteiger partial charge in [-0.3, -0.25) is 0 Å². The lowest BCUT2D eigenvalue weighted by Crippen LogP contribution is -2.41. The highest BCUT2D eigenvalue weighted by Crippen LogP contribution is 2.28. The van der Waals surface area contributed by atoms with Crippen LogP contribution in [-0.4, -0.2) is 23.8 Å². The van der Waals surface area contributed by atoms with Crippen molar-refractivity contribution in [1.82, 2.24) is 5.32 Å². The predicted molar refractivity (Wildman–Crippen MR) is 96.9 cm³/mol. The summed E-state index contributed by atoms with van der Waals surface area (Å²) in [6.45, 7) is 4.19. The number of nitrogens with one attached hydrogen (secondary N) is 1. The fraction of sp³-hybridized carbons (Fsp3) is 0.250. The molecule has 5 heteroatoms. The predicted octanol–water partition coefficient (Wildman–Crippen LogP) is 4.77. The third-order valence-corrected chi connectivity index (χ3v) is 4.11. The fourth-order valence-electron chi connectivity index (χ4n) is 2.58. The number of furan rings is 1. The van der Waals surface area contributed by atoms with Gasteiger partial charge < -0.3 is 19.6 Å². The van der Waals surface area contributed by atoms with E-state index in [9.17, 15) is 4.79 Å². The Morgan fingerprint density at radius 2 is 1.88 bits per heavy atom. The van der Waals surface area contributed by atoms with Crippen LogP contribution in [0.2, 0.25) is 0 Å². The van der Waals surface area contributed by atoms with E-state index in [2.05, 4.69) is 5.32 Å². The van der Waals surface area contributed by atoms with Gasteiger partial charge in [-0.25, -0.2) is 4.79 Å². The summed E-state index contributed by atoms with van der Waals surface area (Å²) in [6, 6.07) is 17.2. The summed E-state index contributed by atoms with van der Waals surface area (Å²) < 4.78 is 11.6. The van der Waals surface area contributed by atoms with E-state index in [1.165, 1.54) is 0 Å². The van der Waals surface area contributed by atoms with Crippen molar-refractivity contribution < 1.29 is 19.1 Å². The first-order valence-electron chi connectivity index (χ1n) is 8.24. The van der Waals surface area contributed by atoms with E-state index in [0.717, 1.165) is 22.3 Å². The lowest BCUT2D eigenvalue weighted by atomic mass is 10.1. The number of ether oxygens (including phenoxy) is 1. The molecule has 1 aromatic heterocycles. The van der Waals surface area contributed by atoms with Crippen LogP contribution in [0.15, 0.2) is 59.0 Å². The second-order valence-corrected chi connectivity index (χ2v) is 6.28. The van der Waals surface area contributed by atoms with Gasteiger partial charge in [-0.15, -0.1) is 0 Å². The van der Waals surface area contributed by atoms with Crippen molar-refractivity contribution in [3.63, 3.8) is 0 Å². The van der Waals surface area contributed by atoms with Crippen LogP contribution in [0.1, 0.15) is 13.8 Å². The summed E-state index contributed by atoms with van der Waals surface area (Å²) >= 11 is 0. The van der Waals surface area contributed by atoms with E-state index in [0.29, 0.717) is 5.75 Å². The molecule has 1 amide bonds. The molecule has 3 rings (SSSR count). The summed E-state index contributed by atoms with van der Waals surface area (Å²) in [5.74, 6) is 1.64. The smallest absolute Gasteiger partial charge is 0.405 e. The van der Waals surface area contributed by atoms with Crippen molar-refractivity contribution in [2.45, 2.75) is 19.9 Å². The maximum Gasteiger partial charge on any atom is 0.405 e. The molecule has 0 fully saturated rings. The standard InChI is InChI=1S/C20H21NO4/c1-13(2)17(21-20(22)23)12-24-16-9-7-14(8-10-16)19-11-15-5-3-4-6-18(15)25-19/h3-11,13,17,21H,12H2,1-2H3,(H,22,23). The molecule has 1 heterocycles. The minimum absolute atomic E-state index is 0.144. The average Bonchev–Trinajstić information content (AvgIpc) is 3.02. The van der Waals surface area contributed by atoms with Gasteiger partial charge in [-0.1, -0.05) is 32.0 Å². The number of carbonyl (C=O) groups is 1. The van der Waals surface area contributed by atoms with Gasteiger partial charge in [-0.2, -0.15) is 0 Å². The van der Waals surface area contributed by atoms with Gasteiger partial charge in [-0.05, 0) is 42.3 Å². The molecule has 0 aliphatic carbocycles. The van der Waals surface area contributed by atoms with E-state index in [1.54, 1.807) is 0 Å². The summed E-state index contributed by atoms with van der Waals surface area (Å²) in [7, 11) is 0. The van der Waals surface area contributed by atoms with Crippen molar-refractivity contribution in [2.24, 2.45) is 5.92 Å². The van der Waals surface area contributed by atoms with Crippen molar-refractivity contribution in [2.75, 3.05) is 6.61 Å². The largest absolute Gasteiger partial charge is 0.491 e. The highest BCUT2D eigenvalue weighted by molar-refractivity contribution is 5.82. The van der Waals surface area contributed by atoms with Crippen molar-refractivity contribution in [1.29, 1.82) is 0 Å². The first-order valence-corrected chi connectivity index (χ1v) is 8.24. The fourth-order valence-corrected chi connectivity index (χ4v) is 2.58. The Bertz CT molecular complexity index is 819. The van der Waals surface area contributed by atoms with Crippen LogP contribution in [0.25, 0.3) is 22.3 Å². The molecule has 2 N–H and O–H groups in total. The minimum atomic E-state index is -1.04. The van der Waals surface area contributed by atoms with Crippen LogP contribution in [-0.2, 0) is 0 Å². The van der Waals surface area contributed by atoms with Gasteiger partial charge in [0.05, 0.1) is 6.04 Å². The lowest BCUT2D eigenvalue weighted by Gasteiger charge is -2.21. The van der Waals surface area contributed by atoms with Gasteiger partial charge >= 0.3 is 6.09 Å². The molecule has 0 spiro atoms. The number of para-hydroxylation sites is 1. The van der Waals surface area contributed by atoms with Gasteiger partial charge in [0.15, 0.2) is 0 Å². The Hall–Kier alpha value is -2.95. The molecule has 1 atom stereocenters. The van der Waals surface area contributed by atoms with E-state index >= 15 is 0 Å². The number of rotatable bonds is 6. The molecular formula is C20H21NO4. The van der Waals surface area contributed by atoms with E-state index < -0.39 is 6.09 Å². The Morgan fingerprint density at radius 3 is 2.52 bits per heavy atom. The zero-order valence-corrected chi connectivity index (χ0v) is 14.2. The Kier molecular flexibility index (Phi) is 4.93. The Labute approximate surface area is 146 Å². The molecule has 0 radical (unpaired) electrons. The van der Waals surface area contributed by atoms with Crippen LogP contribution in [0, 0.1) is 5.92 Å². The van der Waals surface area contributed by atoms with E-state index in [-0.39, 0.29) is 18.6 Å². The Morgan fingerprint density at radius 1 is 1.16 bits per heavy atom. The van der Waals surface area contributed by atoms with Crippen LogP contribution in [0.5, 0.6) is 5.75 Å². The molecule has 25 heavy (non-hydrogen) atoms. The maximum atomic E-state index is 10.8. The van der Waals surface area contributed by atoms with Gasteiger partial charge in [0.25, 0.3) is 0 Å². The second kappa shape index (κ2) is 7.30. The van der Waals surface area contributed by atoms with Crippen molar-refractivity contribution in [3.05, 3.63) is 54.6 Å². The molecule has 0 aliphatic rings.